The largest absolute Gasteiger partial charge is 0.352 e. The molecule has 5 fully saturated rings. The van der Waals surface area contributed by atoms with Gasteiger partial charge in [-0.15, -0.1) is 0 Å². The fourth-order valence-corrected chi connectivity index (χ4v) is 6.57. The summed E-state index contributed by atoms with van der Waals surface area (Å²) in [6, 6.07) is 7.54. The molecule has 1 saturated carbocycles. The van der Waals surface area contributed by atoms with Crippen LogP contribution in [0.3, 0.4) is 0 Å². The number of carbonyl (C=O) groups is 1. The van der Waals surface area contributed by atoms with E-state index in [1.807, 2.05) is 31.2 Å². The minimum absolute atomic E-state index is 0.0682. The van der Waals surface area contributed by atoms with Gasteiger partial charge in [0.25, 0.3) is 5.91 Å². The van der Waals surface area contributed by atoms with Gasteiger partial charge >= 0.3 is 0 Å². The average molecular weight is 489 g/mol. The summed E-state index contributed by atoms with van der Waals surface area (Å²) in [6.45, 7) is 8.11. The predicted molar refractivity (Wildman–Crippen MR) is 129 cm³/mol. The van der Waals surface area contributed by atoms with E-state index in [9.17, 15) is 4.79 Å². The van der Waals surface area contributed by atoms with E-state index < -0.39 is 24.0 Å². The molecule has 194 valence electrons. The first kappa shape index (κ1) is 25.1. The van der Waals surface area contributed by atoms with Crippen LogP contribution in [0.25, 0.3) is 0 Å². The van der Waals surface area contributed by atoms with Gasteiger partial charge in [0.05, 0.1) is 6.61 Å². The molecule has 0 radical (unpaired) electrons. The van der Waals surface area contributed by atoms with Crippen molar-refractivity contribution in [3.63, 3.8) is 0 Å². The maximum absolute atomic E-state index is 12.3. The Balaban J connectivity index is 1.23. The SMILES string of the molecule is C[C@@H]1CCC2[C@@H](C)[C@@H](OCc3ccc(C(=O)NCCCCN)cc3)OC3O[C@]4(C)CCC1[C@]32OO4. The highest BCUT2D eigenvalue weighted by Gasteiger charge is 2.69. The lowest BCUT2D eigenvalue weighted by molar-refractivity contribution is -0.577. The first-order valence-electron chi connectivity index (χ1n) is 13.3. The number of benzene rings is 1. The van der Waals surface area contributed by atoms with E-state index in [4.69, 9.17) is 29.7 Å². The van der Waals surface area contributed by atoms with Gasteiger partial charge in [0, 0.05) is 30.4 Å². The zero-order valence-electron chi connectivity index (χ0n) is 21.2. The second kappa shape index (κ2) is 10.1. The topological polar surface area (TPSA) is 101 Å². The van der Waals surface area contributed by atoms with Crippen molar-refractivity contribution < 1.29 is 28.8 Å². The number of hydrogen-bond donors (Lipinski definition) is 2. The summed E-state index contributed by atoms with van der Waals surface area (Å²) < 4.78 is 19.2. The highest BCUT2D eigenvalue weighted by atomic mass is 17.3. The number of nitrogens with two attached hydrogens (primary N) is 1. The molecule has 5 aliphatic rings. The zero-order valence-corrected chi connectivity index (χ0v) is 21.2. The summed E-state index contributed by atoms with van der Waals surface area (Å²) in [6.07, 6.45) is 4.90. The van der Waals surface area contributed by atoms with Crippen LogP contribution in [-0.2, 0) is 30.6 Å². The number of amides is 1. The minimum Gasteiger partial charge on any atom is -0.352 e. The molecule has 1 aromatic carbocycles. The number of unbranched alkanes of at least 4 members (excludes halogenated alkanes) is 1. The Bertz CT molecular complexity index is 896. The lowest BCUT2D eigenvalue weighted by Crippen LogP contribution is -2.70. The van der Waals surface area contributed by atoms with Crippen LogP contribution in [0.4, 0.5) is 0 Å². The summed E-state index contributed by atoms with van der Waals surface area (Å²) in [7, 11) is 0. The Labute approximate surface area is 208 Å². The average Bonchev–Trinajstić information content (AvgIpc) is 3.09. The summed E-state index contributed by atoms with van der Waals surface area (Å²) in [5, 5.41) is 2.93. The molecule has 4 saturated heterocycles. The Morgan fingerprint density at radius 2 is 1.91 bits per heavy atom. The van der Waals surface area contributed by atoms with Gasteiger partial charge in [-0.3, -0.25) is 4.79 Å². The van der Waals surface area contributed by atoms with Crippen LogP contribution in [0, 0.1) is 23.7 Å². The first-order valence-corrected chi connectivity index (χ1v) is 13.3. The number of hydrogen-bond acceptors (Lipinski definition) is 7. The predicted octanol–water partition coefficient (Wildman–Crippen LogP) is 3.88. The monoisotopic (exact) mass is 488 g/mol. The molecule has 1 aliphatic carbocycles. The van der Waals surface area contributed by atoms with Crippen molar-refractivity contribution >= 4 is 5.91 Å². The van der Waals surface area contributed by atoms with Crippen LogP contribution in [-0.4, -0.2) is 43.0 Å². The smallest absolute Gasteiger partial charge is 0.251 e. The third-order valence-electron chi connectivity index (χ3n) is 8.64. The molecule has 35 heavy (non-hydrogen) atoms. The molecule has 2 bridgehead atoms. The normalized spacial score (nSPS) is 40.1. The molecule has 8 atom stereocenters. The molecule has 6 rings (SSSR count). The molecule has 3 N–H and O–H groups in total. The summed E-state index contributed by atoms with van der Waals surface area (Å²) in [5.74, 6) is 0.388. The third kappa shape index (κ3) is 4.65. The van der Waals surface area contributed by atoms with Crippen molar-refractivity contribution in [3.8, 4) is 0 Å². The van der Waals surface area contributed by atoms with E-state index in [2.05, 4.69) is 19.2 Å². The highest BCUT2D eigenvalue weighted by molar-refractivity contribution is 5.94. The molecule has 3 unspecified atom stereocenters. The van der Waals surface area contributed by atoms with E-state index in [-0.39, 0.29) is 17.7 Å². The number of fused-ring (bicyclic) bond motifs is 2. The van der Waals surface area contributed by atoms with Crippen LogP contribution in [0.2, 0.25) is 0 Å². The van der Waals surface area contributed by atoms with E-state index in [0.29, 0.717) is 37.1 Å². The second-order valence-corrected chi connectivity index (χ2v) is 11.0. The van der Waals surface area contributed by atoms with Crippen LogP contribution in [0.5, 0.6) is 0 Å². The Morgan fingerprint density at radius 1 is 1.11 bits per heavy atom. The molecule has 1 spiro atoms. The molecular formula is C27H40N2O6. The van der Waals surface area contributed by atoms with Gasteiger partial charge in [-0.1, -0.05) is 26.0 Å². The molecule has 8 nitrogen and oxygen atoms in total. The Morgan fingerprint density at radius 3 is 2.69 bits per heavy atom. The lowest BCUT2D eigenvalue weighted by atomic mass is 9.58. The van der Waals surface area contributed by atoms with Gasteiger partial charge in [-0.05, 0) is 75.1 Å². The lowest BCUT2D eigenvalue weighted by Gasteiger charge is -2.60. The quantitative estimate of drug-likeness (QED) is 0.423. The summed E-state index contributed by atoms with van der Waals surface area (Å²) in [4.78, 5) is 24.4. The molecule has 4 heterocycles. The van der Waals surface area contributed by atoms with Crippen LogP contribution in [0.15, 0.2) is 24.3 Å². The molecule has 0 aromatic heterocycles. The summed E-state index contributed by atoms with van der Waals surface area (Å²) >= 11 is 0. The number of nitrogens with one attached hydrogen (secondary N) is 1. The van der Waals surface area contributed by atoms with E-state index in [1.165, 1.54) is 0 Å². The second-order valence-electron chi connectivity index (χ2n) is 11.0. The molecular weight excluding hydrogens is 448 g/mol. The highest BCUT2D eigenvalue weighted by Crippen LogP contribution is 2.60. The summed E-state index contributed by atoms with van der Waals surface area (Å²) in [5.41, 5.74) is 6.56. The number of carbonyl (C=O) groups excluding carboxylic acids is 1. The van der Waals surface area contributed by atoms with E-state index in [0.717, 1.165) is 44.1 Å². The zero-order chi connectivity index (χ0) is 24.6. The fourth-order valence-electron chi connectivity index (χ4n) is 6.57. The van der Waals surface area contributed by atoms with Gasteiger partial charge < -0.3 is 25.3 Å². The minimum atomic E-state index is -0.788. The van der Waals surface area contributed by atoms with Gasteiger partial charge in [0.15, 0.2) is 18.2 Å². The van der Waals surface area contributed by atoms with Crippen LogP contribution < -0.4 is 11.1 Å². The van der Waals surface area contributed by atoms with E-state index in [1.54, 1.807) is 0 Å². The van der Waals surface area contributed by atoms with Gasteiger partial charge in [0.1, 0.15) is 0 Å². The van der Waals surface area contributed by atoms with Crippen molar-refractivity contribution in [2.75, 3.05) is 13.1 Å². The van der Waals surface area contributed by atoms with Gasteiger partial charge in [-0.25, -0.2) is 9.78 Å². The van der Waals surface area contributed by atoms with Crippen LogP contribution in [0.1, 0.15) is 75.2 Å². The van der Waals surface area contributed by atoms with Crippen LogP contribution >= 0.6 is 0 Å². The van der Waals surface area contributed by atoms with Crippen molar-refractivity contribution in [3.05, 3.63) is 35.4 Å². The maximum Gasteiger partial charge on any atom is 0.251 e. The van der Waals surface area contributed by atoms with Crippen molar-refractivity contribution in [2.24, 2.45) is 29.4 Å². The Kier molecular flexibility index (Phi) is 7.23. The third-order valence-corrected chi connectivity index (χ3v) is 8.64. The maximum atomic E-state index is 12.3. The van der Waals surface area contributed by atoms with Gasteiger partial charge in [-0.2, -0.15) is 0 Å². The molecule has 1 amide bonds. The molecule has 1 aromatic rings. The van der Waals surface area contributed by atoms with E-state index >= 15 is 0 Å². The standard InChI is InChI=1S/C27H40N2O6/c1-17-6-11-22-18(2)24(32-25-27(22)21(17)12-13-26(3,33-25)34-35-27)31-16-19-7-9-20(10-8-19)23(30)29-15-5-4-14-28/h7-10,17-18,21-22,24-25H,4-6,11-16,28H2,1-3H3,(H,29,30)/t17-,18-,21?,22?,24+,25?,26+,27-/m1/s1. The molecule has 8 heteroatoms. The molecule has 4 aliphatic heterocycles. The Hall–Kier alpha value is -1.55. The van der Waals surface area contributed by atoms with Crippen molar-refractivity contribution in [1.82, 2.24) is 5.32 Å². The number of rotatable bonds is 8. The van der Waals surface area contributed by atoms with Crippen molar-refractivity contribution in [1.29, 1.82) is 0 Å². The first-order chi connectivity index (χ1) is 16.9. The van der Waals surface area contributed by atoms with Crippen molar-refractivity contribution in [2.45, 2.75) is 89.9 Å². The fraction of sp³-hybridized carbons (Fsp3) is 0.741. The van der Waals surface area contributed by atoms with Gasteiger partial charge in [0.2, 0.25) is 5.79 Å². The number of ether oxygens (including phenoxy) is 3.